The molecule has 0 amide bonds. The highest BCUT2D eigenvalue weighted by Gasteiger charge is 2.40. The second-order valence-electron chi connectivity index (χ2n) is 2.50. The van der Waals surface area contributed by atoms with Crippen molar-refractivity contribution in [3.05, 3.63) is 0 Å². The third-order valence-corrected chi connectivity index (χ3v) is 9.64. The molecule has 102 valence electrons. The minimum atomic E-state index is -1.06. The van der Waals surface area contributed by atoms with E-state index in [9.17, 15) is 4.79 Å². The van der Waals surface area contributed by atoms with E-state index in [1.54, 1.807) is 0 Å². The summed E-state index contributed by atoms with van der Waals surface area (Å²) in [5.41, 5.74) is 0. The van der Waals surface area contributed by atoms with Crippen molar-refractivity contribution in [3.8, 4) is 0 Å². The van der Waals surface area contributed by atoms with E-state index in [0.29, 0.717) is 11.0 Å². The van der Waals surface area contributed by atoms with E-state index in [4.69, 9.17) is 58.5 Å². The summed E-state index contributed by atoms with van der Waals surface area (Å²) in [6.45, 7) is 0. The molecule has 0 aliphatic heterocycles. The Hall–Kier alpha value is 2.67. The molecule has 0 heterocycles. The molecule has 0 bridgehead atoms. The van der Waals surface area contributed by atoms with Crippen LogP contribution < -0.4 is 0 Å². The van der Waals surface area contributed by atoms with E-state index in [-0.39, 0.29) is 9.83 Å². The largest absolute Gasteiger partial charge is 0.480 e. The number of aliphatic carboxylic acids is 1. The van der Waals surface area contributed by atoms with Crippen molar-refractivity contribution in [3.63, 3.8) is 0 Å². The third kappa shape index (κ3) is 6.31. The molecule has 2 nitrogen and oxygen atoms in total. The summed E-state index contributed by atoms with van der Waals surface area (Å²) in [7, 11) is 32.8. The number of carbonyl (C=O) groups is 1. The summed E-state index contributed by atoms with van der Waals surface area (Å²) in [5, 5.41) is 7.25. The Kier molecular flexibility index (Phi) is 13.1. The number of hydrogen-bond donors (Lipinski definition) is 1. The van der Waals surface area contributed by atoms with Crippen LogP contribution in [0.4, 0.5) is 0 Å². The molecular weight excluding hydrogens is 430 g/mol. The molecule has 1 N–H and O–H groups in total. The maximum absolute atomic E-state index is 11.0. The lowest BCUT2D eigenvalue weighted by Crippen LogP contribution is -2.38. The third-order valence-electron chi connectivity index (χ3n) is 1.61. The molecule has 0 aromatic carbocycles. The van der Waals surface area contributed by atoms with Gasteiger partial charge in [0.1, 0.15) is 5.25 Å². The monoisotopic (exact) mass is 432 g/mol. The minimum absolute atomic E-state index is 0.303. The molecule has 0 fully saturated rings. The lowest BCUT2D eigenvalue weighted by atomic mass is 10.2. The summed E-state index contributed by atoms with van der Waals surface area (Å²) < 4.78 is -0.303. The summed E-state index contributed by atoms with van der Waals surface area (Å²) in [6, 6.07) is 0. The van der Waals surface area contributed by atoms with Gasteiger partial charge in [-0.25, -0.2) is 0 Å². The van der Waals surface area contributed by atoms with Gasteiger partial charge >= 0.3 is 5.97 Å². The van der Waals surface area contributed by atoms with Crippen molar-refractivity contribution >= 4 is 114 Å². The molecule has 0 aromatic heterocycles. The second kappa shape index (κ2) is 11.3. The van der Waals surface area contributed by atoms with Crippen LogP contribution in [-0.4, -0.2) is 31.4 Å². The van der Waals surface area contributed by atoms with E-state index < -0.39 is 16.5 Å². The van der Waals surface area contributed by atoms with Gasteiger partial charge < -0.3 is 5.11 Å². The van der Waals surface area contributed by atoms with Crippen molar-refractivity contribution in [2.24, 2.45) is 0 Å². The van der Waals surface area contributed by atoms with Crippen LogP contribution in [0.25, 0.3) is 0 Å². The fraction of sp³-hybridized carbons (Fsp3) is 0.800. The molecular formula is C5H5Cl5O2S5. The fourth-order valence-corrected chi connectivity index (χ4v) is 9.26. The van der Waals surface area contributed by atoms with Crippen molar-refractivity contribution < 1.29 is 9.90 Å². The van der Waals surface area contributed by atoms with Gasteiger partial charge in [0.15, 0.2) is 0 Å². The van der Waals surface area contributed by atoms with Gasteiger partial charge in [0.2, 0.25) is 0 Å². The Morgan fingerprint density at radius 3 is 1.53 bits per heavy atom. The van der Waals surface area contributed by atoms with Gasteiger partial charge in [0.25, 0.3) is 0 Å². The smallest absolute Gasteiger partial charge is 0.319 e. The number of hydrogen-bond acceptors (Lipinski definition) is 6. The van der Waals surface area contributed by atoms with Crippen LogP contribution in [0.3, 0.4) is 0 Å². The zero-order valence-electron chi connectivity index (χ0n) is 7.60. The Balaban J connectivity index is 4.95. The summed E-state index contributed by atoms with van der Waals surface area (Å²) >= 11 is 0. The minimum Gasteiger partial charge on any atom is -0.480 e. The molecule has 3 unspecified atom stereocenters. The molecule has 17 heavy (non-hydrogen) atoms. The molecule has 0 spiro atoms. The van der Waals surface area contributed by atoms with Gasteiger partial charge in [-0.2, -0.15) is 0 Å². The first-order valence-electron chi connectivity index (χ1n) is 3.67. The van der Waals surface area contributed by atoms with Gasteiger partial charge in [-0.05, 0) is 108 Å². The Labute approximate surface area is 143 Å². The normalized spacial score (nSPS) is 16.8. The van der Waals surface area contributed by atoms with Crippen LogP contribution in [-0.2, 0) is 4.79 Å². The van der Waals surface area contributed by atoms with Crippen molar-refractivity contribution in [1.29, 1.82) is 0 Å². The molecule has 0 radical (unpaired) electrons. The molecule has 12 heteroatoms. The Morgan fingerprint density at radius 1 is 0.824 bits per heavy atom. The lowest BCUT2D eigenvalue weighted by Gasteiger charge is -2.28. The van der Waals surface area contributed by atoms with Gasteiger partial charge in [0, 0.05) is 0 Å². The first-order chi connectivity index (χ1) is 8.06. The van der Waals surface area contributed by atoms with Crippen LogP contribution in [0.15, 0.2) is 0 Å². The summed E-state index contributed by atoms with van der Waals surface area (Å²) in [5.74, 6) is -1.06. The SMILES string of the molecule is O=C(O)C(SCl)C(SCl)C(SCl)C(SCl)SCl. The first-order valence-corrected chi connectivity index (χ1v) is 12.2. The summed E-state index contributed by atoms with van der Waals surface area (Å²) in [4.78, 5) is 11.0. The number of carboxylic acids is 1. The molecule has 0 aromatic rings. The van der Waals surface area contributed by atoms with Crippen LogP contribution in [0.2, 0.25) is 0 Å². The van der Waals surface area contributed by atoms with Gasteiger partial charge in [0.05, 0.1) is 15.1 Å². The highest BCUT2D eigenvalue weighted by Crippen LogP contribution is 2.46. The average Bonchev–Trinajstić information content (AvgIpc) is 2.33. The molecule has 0 rings (SSSR count). The van der Waals surface area contributed by atoms with Crippen molar-refractivity contribution in [1.82, 2.24) is 0 Å². The van der Waals surface area contributed by atoms with Crippen molar-refractivity contribution in [2.45, 2.75) is 20.3 Å². The van der Waals surface area contributed by atoms with E-state index in [2.05, 4.69) is 0 Å². The summed E-state index contributed by atoms with van der Waals surface area (Å²) in [6.07, 6.45) is 0. The highest BCUT2D eigenvalue weighted by atomic mass is 35.7. The van der Waals surface area contributed by atoms with Crippen LogP contribution >= 0.6 is 108 Å². The predicted octanol–water partition coefficient (Wildman–Crippen LogP) is 5.94. The number of rotatable bonds is 9. The second-order valence-corrected chi connectivity index (χ2v) is 8.98. The maximum Gasteiger partial charge on any atom is 0.319 e. The molecule has 3 atom stereocenters. The molecule has 0 saturated heterocycles. The lowest BCUT2D eigenvalue weighted by molar-refractivity contribution is -0.136. The Bertz CT molecular complexity index is 233. The number of carboxylic acid groups (broad SMARTS) is 1. The van der Waals surface area contributed by atoms with Crippen molar-refractivity contribution in [2.75, 3.05) is 0 Å². The van der Waals surface area contributed by atoms with E-state index in [1.165, 1.54) is 0 Å². The topological polar surface area (TPSA) is 37.3 Å². The van der Waals surface area contributed by atoms with E-state index in [0.717, 1.165) is 43.9 Å². The van der Waals surface area contributed by atoms with Gasteiger partial charge in [-0.3, -0.25) is 4.79 Å². The zero-order chi connectivity index (χ0) is 13.4. The van der Waals surface area contributed by atoms with Gasteiger partial charge in [-0.15, -0.1) is 0 Å². The molecule has 0 saturated carbocycles. The molecule has 0 aliphatic rings. The quantitative estimate of drug-likeness (QED) is 0.450. The maximum atomic E-state index is 11.0. The fourth-order valence-electron chi connectivity index (χ4n) is 0.862. The average molecular weight is 435 g/mol. The highest BCUT2D eigenvalue weighted by molar-refractivity contribution is 8.37. The predicted molar refractivity (Wildman–Crippen MR) is 90.0 cm³/mol. The van der Waals surface area contributed by atoms with Gasteiger partial charge in [-0.1, -0.05) is 0 Å². The van der Waals surface area contributed by atoms with Crippen LogP contribution in [0.1, 0.15) is 0 Å². The van der Waals surface area contributed by atoms with E-state index >= 15 is 0 Å². The van der Waals surface area contributed by atoms with E-state index in [1.807, 2.05) is 0 Å². The first kappa shape index (κ1) is 19.7. The zero-order valence-corrected chi connectivity index (χ0v) is 15.5. The Morgan fingerprint density at radius 2 is 1.29 bits per heavy atom. The van der Waals surface area contributed by atoms with Crippen LogP contribution in [0, 0.1) is 0 Å². The number of halogens is 5. The van der Waals surface area contributed by atoms with Crippen LogP contribution in [0.5, 0.6) is 0 Å². The standard InChI is InChI=1S/C5H5Cl5O2S5/c6-13-1(2(14-7)4(11)12)3(15-8)5(16-9)17-10/h1-3,5H,(H,11,12). The molecule has 0 aliphatic carbocycles.